The smallest absolute Gasteiger partial charge is 0.223 e. The van der Waals surface area contributed by atoms with Gasteiger partial charge in [0.25, 0.3) is 0 Å². The molecule has 148 valence electrons. The number of ether oxygens (including phenoxy) is 1. The van der Waals surface area contributed by atoms with Gasteiger partial charge in [0.15, 0.2) is 0 Å². The molecule has 3 saturated heterocycles. The van der Waals surface area contributed by atoms with Crippen molar-refractivity contribution in [2.75, 3.05) is 19.6 Å². The maximum Gasteiger partial charge on any atom is 0.223 e. The highest BCUT2D eigenvalue weighted by atomic mass is 32.1. The Bertz CT molecular complexity index is 896. The molecule has 1 aromatic carbocycles. The fraction of sp³-hybridized carbons (Fsp3) is 0.571. The van der Waals surface area contributed by atoms with E-state index < -0.39 is 0 Å². The highest BCUT2D eigenvalue weighted by Crippen LogP contribution is 2.54. The molecule has 2 bridgehead atoms. The number of hydrogen-bond donors (Lipinski definition) is 1. The van der Waals surface area contributed by atoms with E-state index in [0.717, 1.165) is 29.9 Å². The van der Waals surface area contributed by atoms with Crippen LogP contribution in [-0.2, 0) is 20.7 Å². The first-order valence-corrected chi connectivity index (χ1v) is 10.9. The van der Waals surface area contributed by atoms with Crippen LogP contribution in [-0.4, -0.2) is 53.0 Å². The van der Waals surface area contributed by atoms with Crippen molar-refractivity contribution in [2.45, 2.75) is 44.3 Å². The van der Waals surface area contributed by atoms with E-state index in [1.807, 2.05) is 23.1 Å². The van der Waals surface area contributed by atoms with Crippen LogP contribution in [0.4, 0.5) is 0 Å². The third kappa shape index (κ3) is 3.01. The van der Waals surface area contributed by atoms with Gasteiger partial charge in [0, 0.05) is 44.7 Å². The third-order valence-electron chi connectivity index (χ3n) is 6.61. The van der Waals surface area contributed by atoms with E-state index >= 15 is 0 Å². The Kier molecular flexibility index (Phi) is 4.39. The minimum Gasteiger partial charge on any atom is -0.369 e. The van der Waals surface area contributed by atoms with E-state index in [-0.39, 0.29) is 23.5 Å². The van der Waals surface area contributed by atoms with E-state index in [9.17, 15) is 9.59 Å². The SMILES string of the molecule is CC(=O)NC[C@H]1[C@H]2CN(C(=O)CCc3nc4ccccc4s3)C[C@]23CC[C@H]1O3. The molecular formula is C21H25N3O3S. The lowest BCUT2D eigenvalue weighted by molar-refractivity contribution is -0.131. The van der Waals surface area contributed by atoms with Gasteiger partial charge < -0.3 is 15.0 Å². The number of aromatic nitrogens is 1. The molecule has 0 unspecified atom stereocenters. The summed E-state index contributed by atoms with van der Waals surface area (Å²) in [7, 11) is 0. The molecule has 0 aliphatic carbocycles. The molecule has 7 heteroatoms. The van der Waals surface area contributed by atoms with Gasteiger partial charge in [-0.3, -0.25) is 9.59 Å². The van der Waals surface area contributed by atoms with Gasteiger partial charge in [-0.2, -0.15) is 0 Å². The van der Waals surface area contributed by atoms with Crippen LogP contribution in [0.25, 0.3) is 10.2 Å². The fourth-order valence-electron chi connectivity index (χ4n) is 5.31. The summed E-state index contributed by atoms with van der Waals surface area (Å²) in [5.41, 5.74) is 0.829. The Balaban J connectivity index is 1.22. The van der Waals surface area contributed by atoms with Crippen LogP contribution in [0.5, 0.6) is 0 Å². The van der Waals surface area contributed by atoms with Gasteiger partial charge in [0.05, 0.1) is 33.5 Å². The minimum atomic E-state index is -0.181. The van der Waals surface area contributed by atoms with Gasteiger partial charge in [-0.1, -0.05) is 12.1 Å². The second kappa shape index (κ2) is 6.81. The van der Waals surface area contributed by atoms with Crippen LogP contribution in [0.3, 0.4) is 0 Å². The highest BCUT2D eigenvalue weighted by Gasteiger charge is 2.63. The summed E-state index contributed by atoms with van der Waals surface area (Å²) in [6.45, 7) is 3.65. The van der Waals surface area contributed by atoms with Gasteiger partial charge in [-0.05, 0) is 25.0 Å². The Morgan fingerprint density at radius 3 is 3.07 bits per heavy atom. The lowest BCUT2D eigenvalue weighted by Crippen LogP contribution is -2.41. The van der Waals surface area contributed by atoms with Crippen LogP contribution in [0, 0.1) is 11.8 Å². The number of nitrogens with one attached hydrogen (secondary N) is 1. The fourth-order valence-corrected chi connectivity index (χ4v) is 6.28. The Labute approximate surface area is 168 Å². The van der Waals surface area contributed by atoms with E-state index in [4.69, 9.17) is 4.74 Å². The van der Waals surface area contributed by atoms with Crippen molar-refractivity contribution in [3.8, 4) is 0 Å². The predicted molar refractivity (Wildman–Crippen MR) is 107 cm³/mol. The number of thiazole rings is 1. The van der Waals surface area contributed by atoms with Gasteiger partial charge in [0.1, 0.15) is 0 Å². The summed E-state index contributed by atoms with van der Waals surface area (Å²) >= 11 is 1.67. The Morgan fingerprint density at radius 2 is 2.25 bits per heavy atom. The van der Waals surface area contributed by atoms with Crippen molar-refractivity contribution in [3.05, 3.63) is 29.3 Å². The first kappa shape index (κ1) is 18.1. The van der Waals surface area contributed by atoms with Crippen molar-refractivity contribution >= 4 is 33.4 Å². The summed E-state index contributed by atoms with van der Waals surface area (Å²) in [5.74, 6) is 0.844. The normalized spacial score (nSPS) is 30.8. The van der Waals surface area contributed by atoms with E-state index in [0.29, 0.717) is 37.8 Å². The molecule has 3 aliphatic heterocycles. The molecule has 5 rings (SSSR count). The molecule has 0 saturated carbocycles. The molecule has 2 amide bonds. The second-order valence-corrected chi connectivity index (χ2v) is 9.43. The zero-order valence-corrected chi connectivity index (χ0v) is 16.8. The number of aryl methyl sites for hydroxylation is 1. The minimum absolute atomic E-state index is 0.00131. The summed E-state index contributed by atoms with van der Waals surface area (Å²) in [6.07, 6.45) is 3.47. The lowest BCUT2D eigenvalue weighted by atomic mass is 9.73. The molecule has 3 aliphatic rings. The van der Waals surface area contributed by atoms with Crippen molar-refractivity contribution in [1.82, 2.24) is 15.2 Å². The average Bonchev–Trinajstić information content (AvgIpc) is 3.42. The second-order valence-electron chi connectivity index (χ2n) is 8.32. The molecule has 1 spiro atoms. The van der Waals surface area contributed by atoms with E-state index in [1.54, 1.807) is 18.3 Å². The van der Waals surface area contributed by atoms with Crippen LogP contribution in [0.15, 0.2) is 24.3 Å². The highest BCUT2D eigenvalue weighted by molar-refractivity contribution is 7.18. The molecule has 1 N–H and O–H groups in total. The number of amides is 2. The Morgan fingerprint density at radius 1 is 1.39 bits per heavy atom. The first-order chi connectivity index (χ1) is 13.5. The molecule has 4 atom stereocenters. The quantitative estimate of drug-likeness (QED) is 0.838. The number of benzene rings is 1. The molecular weight excluding hydrogens is 374 g/mol. The summed E-state index contributed by atoms with van der Waals surface area (Å²) < 4.78 is 7.53. The topological polar surface area (TPSA) is 71.5 Å². The number of para-hydroxylation sites is 1. The van der Waals surface area contributed by atoms with Gasteiger partial charge in [0.2, 0.25) is 11.8 Å². The summed E-state index contributed by atoms with van der Waals surface area (Å²) in [4.78, 5) is 30.8. The Hall–Kier alpha value is -1.99. The standard InChI is InChI=1S/C21H25N3O3S/c1-13(25)22-10-14-15-11-24(12-21(15)9-8-17(14)27-21)20(26)7-6-19-23-16-4-2-3-5-18(16)28-19/h2-5,14-15,17H,6-12H2,1H3,(H,22,25)/t14-,15+,17+,21+/m0/s1. The van der Waals surface area contributed by atoms with Gasteiger partial charge in [-0.25, -0.2) is 4.98 Å². The predicted octanol–water partition coefficient (Wildman–Crippen LogP) is 2.37. The van der Waals surface area contributed by atoms with E-state index in [1.165, 1.54) is 4.70 Å². The maximum absolute atomic E-state index is 12.9. The van der Waals surface area contributed by atoms with E-state index in [2.05, 4.69) is 16.4 Å². The third-order valence-corrected chi connectivity index (χ3v) is 7.71. The zero-order valence-electron chi connectivity index (χ0n) is 16.0. The molecule has 2 aromatic rings. The molecule has 1 aromatic heterocycles. The van der Waals surface area contributed by atoms with Crippen LogP contribution < -0.4 is 5.32 Å². The van der Waals surface area contributed by atoms with Gasteiger partial charge >= 0.3 is 0 Å². The number of likely N-dealkylation sites (tertiary alicyclic amines) is 1. The van der Waals surface area contributed by atoms with Gasteiger partial charge in [-0.15, -0.1) is 11.3 Å². The zero-order chi connectivity index (χ0) is 19.3. The summed E-state index contributed by atoms with van der Waals surface area (Å²) in [5, 5.41) is 3.98. The molecule has 3 fully saturated rings. The first-order valence-electron chi connectivity index (χ1n) is 10.1. The van der Waals surface area contributed by atoms with Crippen LogP contribution >= 0.6 is 11.3 Å². The van der Waals surface area contributed by atoms with Crippen LogP contribution in [0.1, 0.15) is 31.2 Å². The van der Waals surface area contributed by atoms with Crippen molar-refractivity contribution < 1.29 is 14.3 Å². The molecule has 0 radical (unpaired) electrons. The largest absolute Gasteiger partial charge is 0.369 e. The van der Waals surface area contributed by atoms with Crippen molar-refractivity contribution in [3.63, 3.8) is 0 Å². The number of nitrogens with zero attached hydrogens (tertiary/aromatic N) is 2. The lowest BCUT2D eigenvalue weighted by Gasteiger charge is -2.29. The monoisotopic (exact) mass is 399 g/mol. The maximum atomic E-state index is 12.9. The van der Waals surface area contributed by atoms with Crippen molar-refractivity contribution in [1.29, 1.82) is 0 Å². The molecule has 28 heavy (non-hydrogen) atoms. The summed E-state index contributed by atoms with van der Waals surface area (Å²) in [6, 6.07) is 8.10. The number of carbonyl (C=O) groups is 2. The molecule has 4 heterocycles. The number of hydrogen-bond acceptors (Lipinski definition) is 5. The number of carbonyl (C=O) groups excluding carboxylic acids is 2. The van der Waals surface area contributed by atoms with Crippen LogP contribution in [0.2, 0.25) is 0 Å². The van der Waals surface area contributed by atoms with Crippen molar-refractivity contribution in [2.24, 2.45) is 11.8 Å². The average molecular weight is 400 g/mol. The molecule has 6 nitrogen and oxygen atoms in total. The number of fused-ring (bicyclic) bond motifs is 2. The number of rotatable bonds is 5.